The van der Waals surface area contributed by atoms with E-state index >= 15 is 8.78 Å². The molecule has 2 amide bonds. The largest absolute Gasteiger partial charge is 0.484 e. The average Bonchev–Trinajstić information content (AvgIpc) is 3.00. The Hall–Kier alpha value is -3.12. The zero-order chi connectivity index (χ0) is 32.3. The predicted octanol–water partition coefficient (Wildman–Crippen LogP) is 3.98. The van der Waals surface area contributed by atoms with Gasteiger partial charge in [-0.05, 0) is 30.0 Å². The molecule has 2 atom stereocenters. The van der Waals surface area contributed by atoms with Crippen LogP contribution in [0, 0.1) is 11.8 Å². The number of hydrogen-bond donors (Lipinski definition) is 2. The summed E-state index contributed by atoms with van der Waals surface area (Å²) in [6.45, 7) is 5.12. The fourth-order valence-corrected chi connectivity index (χ4v) is 4.93. The summed E-state index contributed by atoms with van der Waals surface area (Å²) in [5.74, 6) is -10.9. The molecule has 0 aromatic heterocycles. The lowest BCUT2D eigenvalue weighted by atomic mass is 9.82. The average molecular weight is 657 g/mol. The molecular formula is C31H37Cl2F2N3O6. The van der Waals surface area contributed by atoms with E-state index in [0.717, 1.165) is 0 Å². The van der Waals surface area contributed by atoms with Gasteiger partial charge in [-0.3, -0.25) is 24.1 Å². The maximum Gasteiger partial charge on any atom is 0.381 e. The molecule has 2 aromatic rings. The van der Waals surface area contributed by atoms with Crippen molar-refractivity contribution in [1.29, 1.82) is 0 Å². The minimum absolute atomic E-state index is 0.0512. The van der Waals surface area contributed by atoms with Gasteiger partial charge in [0.05, 0.1) is 29.3 Å². The second-order valence-electron chi connectivity index (χ2n) is 10.8. The number of nitrogens with zero attached hydrogens (tertiary/aromatic N) is 1. The summed E-state index contributed by atoms with van der Waals surface area (Å²) in [6, 6.07) is 12.1. The van der Waals surface area contributed by atoms with Crippen molar-refractivity contribution in [2.24, 2.45) is 11.8 Å². The second-order valence-corrected chi connectivity index (χ2v) is 11.7. The van der Waals surface area contributed by atoms with Gasteiger partial charge in [0.1, 0.15) is 5.75 Å². The highest BCUT2D eigenvalue weighted by Crippen LogP contribution is 2.29. The topological polar surface area (TPSA) is 114 Å². The fraction of sp³-hybridized carbons (Fsp3) is 0.484. The Bertz CT molecular complexity index is 1290. The standard InChI is InChI=1S/C31H37Cl2F2N3O6/c1-20(2)23(29(41)31(34,35)30(42)36-10-11-38-12-14-43-15-13-38)18-27(39)26(16-21-6-4-3-5-7-21)37-28(40)19-44-22-8-9-24(32)25(33)17-22/h3-9,17,20,23,26H,10-16,18-19H2,1-2H3,(H,36,42)(H,37,40)/t23-,26-/m0/s1. The van der Waals surface area contributed by atoms with Crippen LogP contribution in [0.15, 0.2) is 48.5 Å². The number of amides is 2. The third-order valence-corrected chi connectivity index (χ3v) is 7.98. The van der Waals surface area contributed by atoms with Crippen molar-refractivity contribution in [2.75, 3.05) is 46.0 Å². The van der Waals surface area contributed by atoms with Gasteiger partial charge in [0, 0.05) is 44.6 Å². The van der Waals surface area contributed by atoms with Gasteiger partial charge < -0.3 is 20.1 Å². The zero-order valence-corrected chi connectivity index (χ0v) is 26.1. The van der Waals surface area contributed by atoms with E-state index in [-0.39, 0.29) is 23.7 Å². The van der Waals surface area contributed by atoms with Gasteiger partial charge in [0.2, 0.25) is 5.78 Å². The molecule has 0 spiro atoms. The maximum atomic E-state index is 15.1. The summed E-state index contributed by atoms with van der Waals surface area (Å²) in [6.07, 6.45) is -0.547. The Morgan fingerprint density at radius 1 is 1.02 bits per heavy atom. The molecule has 9 nitrogen and oxygen atoms in total. The highest BCUT2D eigenvalue weighted by atomic mass is 35.5. The summed E-state index contributed by atoms with van der Waals surface area (Å²) in [5.41, 5.74) is 0.703. The molecule has 1 aliphatic rings. The number of carbonyl (C=O) groups is 4. The van der Waals surface area contributed by atoms with Crippen LogP contribution in [-0.4, -0.2) is 86.2 Å². The van der Waals surface area contributed by atoms with Gasteiger partial charge in [0.15, 0.2) is 12.4 Å². The van der Waals surface area contributed by atoms with Crippen LogP contribution < -0.4 is 15.4 Å². The molecular weight excluding hydrogens is 619 g/mol. The molecule has 0 radical (unpaired) electrons. The van der Waals surface area contributed by atoms with Gasteiger partial charge >= 0.3 is 5.92 Å². The Morgan fingerprint density at radius 2 is 1.70 bits per heavy atom. The van der Waals surface area contributed by atoms with E-state index in [0.29, 0.717) is 43.4 Å². The van der Waals surface area contributed by atoms with E-state index in [1.165, 1.54) is 32.0 Å². The first-order valence-electron chi connectivity index (χ1n) is 14.3. The Morgan fingerprint density at radius 3 is 2.34 bits per heavy atom. The first kappa shape index (κ1) is 35.4. The number of carbonyl (C=O) groups excluding carboxylic acids is 4. The molecule has 0 unspecified atom stereocenters. The molecule has 1 aliphatic heterocycles. The van der Waals surface area contributed by atoms with Gasteiger partial charge in [-0.2, -0.15) is 8.78 Å². The van der Waals surface area contributed by atoms with Crippen LogP contribution in [0.25, 0.3) is 0 Å². The molecule has 3 rings (SSSR count). The summed E-state index contributed by atoms with van der Waals surface area (Å²) in [7, 11) is 0. The van der Waals surface area contributed by atoms with Crippen LogP contribution in [0.5, 0.6) is 5.75 Å². The number of ether oxygens (including phenoxy) is 2. The fourth-order valence-electron chi connectivity index (χ4n) is 4.64. The van der Waals surface area contributed by atoms with Gasteiger partial charge in [-0.1, -0.05) is 67.4 Å². The van der Waals surface area contributed by atoms with Crippen LogP contribution in [0.1, 0.15) is 25.8 Å². The van der Waals surface area contributed by atoms with Crippen LogP contribution in [0.3, 0.4) is 0 Å². The van der Waals surface area contributed by atoms with E-state index < -0.39 is 60.2 Å². The van der Waals surface area contributed by atoms with Crippen molar-refractivity contribution < 1.29 is 37.4 Å². The quantitative estimate of drug-likeness (QED) is 0.263. The number of rotatable bonds is 16. The minimum atomic E-state index is -4.34. The number of Topliss-reactive ketones (excluding diaryl/α,β-unsaturated/α-hetero) is 2. The van der Waals surface area contributed by atoms with Crippen molar-refractivity contribution in [3.63, 3.8) is 0 Å². The number of ketones is 2. The van der Waals surface area contributed by atoms with E-state index in [1.54, 1.807) is 30.3 Å². The molecule has 0 aliphatic carbocycles. The first-order valence-corrected chi connectivity index (χ1v) is 15.1. The first-order chi connectivity index (χ1) is 20.9. The SMILES string of the molecule is CC(C)[C@H](CC(=O)[C@H](Cc1ccccc1)NC(=O)COc1ccc(Cl)c(Cl)c1)C(=O)C(F)(F)C(=O)NCCN1CCOCC1. The molecule has 240 valence electrons. The molecule has 13 heteroatoms. The van der Waals surface area contributed by atoms with E-state index in [9.17, 15) is 19.2 Å². The van der Waals surface area contributed by atoms with Crippen molar-refractivity contribution in [3.05, 3.63) is 64.1 Å². The number of benzene rings is 2. The molecule has 44 heavy (non-hydrogen) atoms. The third-order valence-electron chi connectivity index (χ3n) is 7.24. The summed E-state index contributed by atoms with van der Waals surface area (Å²) >= 11 is 11.9. The Labute approximate surface area is 265 Å². The smallest absolute Gasteiger partial charge is 0.381 e. The van der Waals surface area contributed by atoms with E-state index in [1.807, 2.05) is 4.90 Å². The van der Waals surface area contributed by atoms with Crippen molar-refractivity contribution >= 4 is 46.6 Å². The minimum Gasteiger partial charge on any atom is -0.484 e. The number of nitrogens with one attached hydrogen (secondary N) is 2. The lowest BCUT2D eigenvalue weighted by molar-refractivity contribution is -0.162. The van der Waals surface area contributed by atoms with Crippen molar-refractivity contribution in [2.45, 2.75) is 38.7 Å². The highest BCUT2D eigenvalue weighted by Gasteiger charge is 2.51. The van der Waals surface area contributed by atoms with Crippen LogP contribution in [0.4, 0.5) is 8.78 Å². The van der Waals surface area contributed by atoms with Gasteiger partial charge in [-0.25, -0.2) is 0 Å². The highest BCUT2D eigenvalue weighted by molar-refractivity contribution is 6.42. The molecule has 1 fully saturated rings. The van der Waals surface area contributed by atoms with Gasteiger partial charge in [0.25, 0.3) is 11.8 Å². The molecule has 2 N–H and O–H groups in total. The van der Waals surface area contributed by atoms with Gasteiger partial charge in [-0.15, -0.1) is 0 Å². The predicted molar refractivity (Wildman–Crippen MR) is 162 cm³/mol. The summed E-state index contributed by atoms with van der Waals surface area (Å²) in [5, 5.41) is 5.29. The Balaban J connectivity index is 1.66. The lowest BCUT2D eigenvalue weighted by Gasteiger charge is -2.28. The Kier molecular flexibility index (Phi) is 13.5. The van der Waals surface area contributed by atoms with Crippen LogP contribution in [-0.2, 0) is 30.3 Å². The number of hydrogen-bond acceptors (Lipinski definition) is 7. The summed E-state index contributed by atoms with van der Waals surface area (Å²) in [4.78, 5) is 53.7. The number of alkyl halides is 2. The zero-order valence-electron chi connectivity index (χ0n) is 24.6. The monoisotopic (exact) mass is 655 g/mol. The molecule has 1 heterocycles. The number of morpholine rings is 1. The lowest BCUT2D eigenvalue weighted by Crippen LogP contribution is -2.52. The second kappa shape index (κ2) is 16.8. The van der Waals surface area contributed by atoms with Crippen LogP contribution >= 0.6 is 23.2 Å². The molecule has 0 bridgehead atoms. The van der Waals surface area contributed by atoms with E-state index in [2.05, 4.69) is 10.6 Å². The number of halogens is 4. The molecule has 1 saturated heterocycles. The third kappa shape index (κ3) is 10.5. The van der Waals surface area contributed by atoms with Crippen LogP contribution in [0.2, 0.25) is 10.0 Å². The van der Waals surface area contributed by atoms with Crippen molar-refractivity contribution in [3.8, 4) is 5.75 Å². The molecule has 0 saturated carbocycles. The van der Waals surface area contributed by atoms with Crippen molar-refractivity contribution in [1.82, 2.24) is 15.5 Å². The normalized spacial score (nSPS) is 15.3. The maximum absolute atomic E-state index is 15.1. The molecule has 2 aromatic carbocycles. The van der Waals surface area contributed by atoms with E-state index in [4.69, 9.17) is 32.7 Å². The summed E-state index contributed by atoms with van der Waals surface area (Å²) < 4.78 is 40.9.